The Morgan fingerprint density at radius 3 is 2.95 bits per heavy atom. The Hall–Kier alpha value is -2.78. The van der Waals surface area contributed by atoms with Crippen molar-refractivity contribution in [1.82, 2.24) is 15.0 Å². The van der Waals surface area contributed by atoms with E-state index < -0.39 is 0 Å². The van der Waals surface area contributed by atoms with Gasteiger partial charge in [0.2, 0.25) is 5.95 Å². The minimum atomic E-state index is 0.384. The maximum atomic E-state index is 8.76. The number of benzene rings is 1. The number of anilines is 2. The Labute approximate surface area is 132 Å². The van der Waals surface area contributed by atoms with E-state index in [1.54, 1.807) is 17.5 Å². The lowest BCUT2D eigenvalue weighted by molar-refractivity contribution is 1.16. The van der Waals surface area contributed by atoms with E-state index in [2.05, 4.69) is 26.3 Å². The maximum absolute atomic E-state index is 8.76. The smallest absolute Gasteiger partial charge is 0.227 e. The topological polar surface area (TPSA) is 74.5 Å². The second kappa shape index (κ2) is 6.33. The molecule has 0 aliphatic rings. The van der Waals surface area contributed by atoms with Crippen molar-refractivity contribution in [3.63, 3.8) is 0 Å². The second-order valence-electron chi connectivity index (χ2n) is 4.70. The molecule has 0 amide bonds. The van der Waals surface area contributed by atoms with Gasteiger partial charge in [-0.25, -0.2) is 15.0 Å². The molecule has 0 aliphatic carbocycles. The van der Waals surface area contributed by atoms with Crippen molar-refractivity contribution in [1.29, 1.82) is 5.26 Å². The van der Waals surface area contributed by atoms with Crippen LogP contribution in [-0.4, -0.2) is 15.0 Å². The van der Waals surface area contributed by atoms with Gasteiger partial charge in [-0.1, -0.05) is 12.1 Å². The van der Waals surface area contributed by atoms with Crippen molar-refractivity contribution in [2.24, 2.45) is 0 Å². The van der Waals surface area contributed by atoms with Gasteiger partial charge in [0.05, 0.1) is 12.5 Å². The SMILES string of the molecule is Cc1cnc(-c2ccnc(Nc3cccc(CC#N)c3)n2)s1. The summed E-state index contributed by atoms with van der Waals surface area (Å²) in [6.07, 6.45) is 3.93. The maximum Gasteiger partial charge on any atom is 0.227 e. The first kappa shape index (κ1) is 14.2. The number of hydrogen-bond acceptors (Lipinski definition) is 6. The molecule has 0 bridgehead atoms. The number of thiazole rings is 1. The molecule has 108 valence electrons. The third kappa shape index (κ3) is 3.27. The lowest BCUT2D eigenvalue weighted by atomic mass is 10.1. The van der Waals surface area contributed by atoms with Crippen LogP contribution in [0.2, 0.25) is 0 Å². The van der Waals surface area contributed by atoms with E-state index in [-0.39, 0.29) is 0 Å². The molecule has 0 radical (unpaired) electrons. The van der Waals surface area contributed by atoms with Crippen LogP contribution in [0, 0.1) is 18.3 Å². The van der Waals surface area contributed by atoms with Gasteiger partial charge < -0.3 is 5.32 Å². The number of nitrogens with zero attached hydrogens (tertiary/aromatic N) is 4. The normalized spacial score (nSPS) is 10.2. The summed E-state index contributed by atoms with van der Waals surface area (Å²) >= 11 is 1.60. The first-order valence-corrected chi connectivity index (χ1v) is 7.55. The Bertz CT molecular complexity index is 834. The van der Waals surface area contributed by atoms with Crippen LogP contribution in [0.25, 0.3) is 10.7 Å². The number of aryl methyl sites for hydroxylation is 1. The van der Waals surface area contributed by atoms with E-state index in [0.717, 1.165) is 26.8 Å². The van der Waals surface area contributed by atoms with Gasteiger partial charge in [-0.2, -0.15) is 5.26 Å². The molecule has 0 atom stereocenters. The fraction of sp³-hybridized carbons (Fsp3) is 0.125. The first-order valence-electron chi connectivity index (χ1n) is 6.73. The summed E-state index contributed by atoms with van der Waals surface area (Å²) in [5.41, 5.74) is 2.61. The van der Waals surface area contributed by atoms with Crippen LogP contribution in [-0.2, 0) is 6.42 Å². The zero-order valence-corrected chi connectivity index (χ0v) is 12.8. The number of nitriles is 1. The van der Waals surface area contributed by atoms with Gasteiger partial charge in [-0.15, -0.1) is 11.3 Å². The highest BCUT2D eigenvalue weighted by Crippen LogP contribution is 2.24. The summed E-state index contributed by atoms with van der Waals surface area (Å²) in [6, 6.07) is 11.7. The summed E-state index contributed by atoms with van der Waals surface area (Å²) in [4.78, 5) is 14.2. The van der Waals surface area contributed by atoms with Gasteiger partial charge in [0.1, 0.15) is 10.7 Å². The lowest BCUT2D eigenvalue weighted by Crippen LogP contribution is -1.98. The predicted molar refractivity (Wildman–Crippen MR) is 86.9 cm³/mol. The van der Waals surface area contributed by atoms with Gasteiger partial charge in [0.15, 0.2) is 0 Å². The third-order valence-corrected chi connectivity index (χ3v) is 3.90. The second-order valence-corrected chi connectivity index (χ2v) is 5.94. The molecule has 22 heavy (non-hydrogen) atoms. The largest absolute Gasteiger partial charge is 0.324 e. The first-order chi connectivity index (χ1) is 10.7. The molecule has 2 aromatic heterocycles. The van der Waals surface area contributed by atoms with Crippen LogP contribution in [0.4, 0.5) is 11.6 Å². The summed E-state index contributed by atoms with van der Waals surface area (Å²) in [5.74, 6) is 0.513. The molecular formula is C16H13N5S. The average Bonchev–Trinajstić information content (AvgIpc) is 2.95. The molecule has 1 N–H and O–H groups in total. The van der Waals surface area contributed by atoms with E-state index in [9.17, 15) is 0 Å². The molecule has 5 nitrogen and oxygen atoms in total. The van der Waals surface area contributed by atoms with Crippen molar-refractivity contribution >= 4 is 23.0 Å². The molecule has 6 heteroatoms. The predicted octanol–water partition coefficient (Wildman–Crippen LogP) is 3.72. The van der Waals surface area contributed by atoms with E-state index in [1.165, 1.54) is 0 Å². The molecule has 1 aromatic carbocycles. The zero-order chi connectivity index (χ0) is 15.4. The molecule has 3 rings (SSSR count). The minimum absolute atomic E-state index is 0.384. The number of nitrogens with one attached hydrogen (secondary N) is 1. The summed E-state index contributed by atoms with van der Waals surface area (Å²) < 4.78 is 0. The molecular weight excluding hydrogens is 294 g/mol. The van der Waals surface area contributed by atoms with Crippen LogP contribution >= 0.6 is 11.3 Å². The Kier molecular flexibility index (Phi) is 4.08. The monoisotopic (exact) mass is 307 g/mol. The molecule has 0 saturated heterocycles. The average molecular weight is 307 g/mol. The van der Waals surface area contributed by atoms with Crippen molar-refractivity contribution in [2.75, 3.05) is 5.32 Å². The molecule has 0 saturated carbocycles. The van der Waals surface area contributed by atoms with Gasteiger partial charge in [0, 0.05) is 23.0 Å². The molecule has 0 spiro atoms. The highest BCUT2D eigenvalue weighted by molar-refractivity contribution is 7.14. The minimum Gasteiger partial charge on any atom is -0.324 e. The molecule has 3 aromatic rings. The van der Waals surface area contributed by atoms with Crippen LogP contribution in [0.1, 0.15) is 10.4 Å². The van der Waals surface area contributed by atoms with Gasteiger partial charge in [0.25, 0.3) is 0 Å². The summed E-state index contributed by atoms with van der Waals surface area (Å²) in [6.45, 7) is 2.02. The highest BCUT2D eigenvalue weighted by atomic mass is 32.1. The molecule has 0 aliphatic heterocycles. The van der Waals surface area contributed by atoms with Crippen LogP contribution in [0.5, 0.6) is 0 Å². The fourth-order valence-electron chi connectivity index (χ4n) is 1.99. The molecule has 0 fully saturated rings. The standard InChI is InChI=1S/C16H13N5S/c1-11-10-19-15(22-11)14-6-8-18-16(21-14)20-13-4-2-3-12(9-13)5-7-17/h2-4,6,8-10H,5H2,1H3,(H,18,20,21). The highest BCUT2D eigenvalue weighted by Gasteiger charge is 2.06. The lowest BCUT2D eigenvalue weighted by Gasteiger charge is -2.06. The number of rotatable bonds is 4. The number of hydrogen-bond donors (Lipinski definition) is 1. The Morgan fingerprint density at radius 1 is 1.27 bits per heavy atom. The van der Waals surface area contributed by atoms with E-state index in [4.69, 9.17) is 5.26 Å². The number of aromatic nitrogens is 3. The van der Waals surface area contributed by atoms with Gasteiger partial charge >= 0.3 is 0 Å². The zero-order valence-electron chi connectivity index (χ0n) is 11.9. The van der Waals surface area contributed by atoms with Crippen molar-refractivity contribution in [2.45, 2.75) is 13.3 Å². The molecule has 0 unspecified atom stereocenters. The van der Waals surface area contributed by atoms with Crippen LogP contribution in [0.15, 0.2) is 42.7 Å². The van der Waals surface area contributed by atoms with Gasteiger partial charge in [-0.05, 0) is 30.7 Å². The van der Waals surface area contributed by atoms with Crippen molar-refractivity contribution < 1.29 is 0 Å². The fourth-order valence-corrected chi connectivity index (χ4v) is 2.72. The van der Waals surface area contributed by atoms with E-state index in [0.29, 0.717) is 12.4 Å². The van der Waals surface area contributed by atoms with Crippen LogP contribution in [0.3, 0.4) is 0 Å². The van der Waals surface area contributed by atoms with E-state index in [1.807, 2.05) is 43.5 Å². The summed E-state index contributed by atoms with van der Waals surface area (Å²) in [7, 11) is 0. The van der Waals surface area contributed by atoms with Crippen molar-refractivity contribution in [3.05, 3.63) is 53.2 Å². The molecule has 2 heterocycles. The Morgan fingerprint density at radius 2 is 2.18 bits per heavy atom. The Balaban J connectivity index is 1.84. The third-order valence-electron chi connectivity index (χ3n) is 2.96. The van der Waals surface area contributed by atoms with Crippen molar-refractivity contribution in [3.8, 4) is 16.8 Å². The van der Waals surface area contributed by atoms with Crippen LogP contribution < -0.4 is 5.32 Å². The van der Waals surface area contributed by atoms with E-state index >= 15 is 0 Å². The summed E-state index contributed by atoms with van der Waals surface area (Å²) in [5, 5.41) is 12.8. The quantitative estimate of drug-likeness (QED) is 0.795. The van der Waals surface area contributed by atoms with Gasteiger partial charge in [-0.3, -0.25) is 0 Å².